The van der Waals surface area contributed by atoms with Crippen molar-refractivity contribution in [3.63, 3.8) is 0 Å². The topological polar surface area (TPSA) is 50.4 Å². The number of rotatable bonds is 6. The SMILES string of the molecule is CC(C)C(CNC(=O)OC(C)(C)C)CNc1cc(Cl)ccc1Cl. The number of hydrogen-bond acceptors (Lipinski definition) is 3. The lowest BCUT2D eigenvalue weighted by Crippen LogP contribution is -2.38. The van der Waals surface area contributed by atoms with Gasteiger partial charge in [0.25, 0.3) is 0 Å². The van der Waals surface area contributed by atoms with Crippen LogP contribution in [0.25, 0.3) is 0 Å². The van der Waals surface area contributed by atoms with Crippen LogP contribution in [0.5, 0.6) is 0 Å². The summed E-state index contributed by atoms with van der Waals surface area (Å²) in [5.74, 6) is 0.618. The first kappa shape index (κ1) is 19.9. The van der Waals surface area contributed by atoms with Gasteiger partial charge in [0, 0.05) is 18.1 Å². The van der Waals surface area contributed by atoms with Crippen molar-refractivity contribution in [3.8, 4) is 0 Å². The van der Waals surface area contributed by atoms with Crippen LogP contribution in [-0.4, -0.2) is 24.8 Å². The summed E-state index contributed by atoms with van der Waals surface area (Å²) in [6.07, 6.45) is -0.399. The Morgan fingerprint density at radius 2 is 1.87 bits per heavy atom. The van der Waals surface area contributed by atoms with Crippen LogP contribution in [0.2, 0.25) is 10.0 Å². The first-order valence-electron chi connectivity index (χ1n) is 7.74. The molecule has 1 unspecified atom stereocenters. The van der Waals surface area contributed by atoms with E-state index in [1.54, 1.807) is 18.2 Å². The van der Waals surface area contributed by atoms with Crippen molar-refractivity contribution < 1.29 is 9.53 Å². The van der Waals surface area contributed by atoms with E-state index >= 15 is 0 Å². The largest absolute Gasteiger partial charge is 0.444 e. The van der Waals surface area contributed by atoms with Gasteiger partial charge in [0.2, 0.25) is 0 Å². The molecule has 0 bridgehead atoms. The molecule has 130 valence electrons. The zero-order valence-electron chi connectivity index (χ0n) is 14.4. The zero-order chi connectivity index (χ0) is 17.6. The number of benzene rings is 1. The molecular weight excluding hydrogens is 335 g/mol. The molecule has 0 fully saturated rings. The number of ether oxygens (including phenoxy) is 1. The average Bonchev–Trinajstić information content (AvgIpc) is 2.40. The number of halogens is 2. The molecule has 1 amide bonds. The van der Waals surface area contributed by atoms with Gasteiger partial charge >= 0.3 is 6.09 Å². The first-order valence-corrected chi connectivity index (χ1v) is 8.50. The molecule has 0 aromatic heterocycles. The maximum absolute atomic E-state index is 11.8. The minimum Gasteiger partial charge on any atom is -0.444 e. The van der Waals surface area contributed by atoms with Gasteiger partial charge in [0.05, 0.1) is 10.7 Å². The second-order valence-corrected chi connectivity index (χ2v) is 7.74. The van der Waals surface area contributed by atoms with Crippen LogP contribution in [0.1, 0.15) is 34.6 Å². The third-order valence-corrected chi connectivity index (χ3v) is 3.90. The van der Waals surface area contributed by atoms with Crippen molar-refractivity contribution >= 4 is 35.0 Å². The molecule has 4 nitrogen and oxygen atoms in total. The molecule has 1 atom stereocenters. The van der Waals surface area contributed by atoms with Gasteiger partial charge in [-0.2, -0.15) is 0 Å². The summed E-state index contributed by atoms with van der Waals surface area (Å²) in [6.45, 7) is 11.0. The van der Waals surface area contributed by atoms with E-state index in [-0.39, 0.29) is 5.92 Å². The average molecular weight is 361 g/mol. The van der Waals surface area contributed by atoms with E-state index in [9.17, 15) is 4.79 Å². The molecule has 6 heteroatoms. The Kier molecular flexibility index (Phi) is 7.49. The molecule has 23 heavy (non-hydrogen) atoms. The van der Waals surface area contributed by atoms with Gasteiger partial charge < -0.3 is 15.4 Å². The summed E-state index contributed by atoms with van der Waals surface area (Å²) in [5, 5.41) is 7.37. The van der Waals surface area contributed by atoms with Crippen LogP contribution in [0.3, 0.4) is 0 Å². The Bertz CT molecular complexity index is 528. The van der Waals surface area contributed by atoms with Crippen LogP contribution in [-0.2, 0) is 4.74 Å². The molecule has 2 N–H and O–H groups in total. The highest BCUT2D eigenvalue weighted by molar-refractivity contribution is 6.35. The molecule has 0 spiro atoms. The Morgan fingerprint density at radius 1 is 1.22 bits per heavy atom. The number of alkyl carbamates (subject to hydrolysis) is 1. The first-order chi connectivity index (χ1) is 10.6. The summed E-state index contributed by atoms with van der Waals surface area (Å²) < 4.78 is 5.26. The van der Waals surface area contributed by atoms with Gasteiger partial charge in [-0.15, -0.1) is 0 Å². The molecule has 0 aliphatic heterocycles. The second-order valence-electron chi connectivity index (χ2n) is 6.89. The second kappa shape index (κ2) is 8.65. The van der Waals surface area contributed by atoms with Crippen molar-refractivity contribution in [1.82, 2.24) is 5.32 Å². The highest BCUT2D eigenvalue weighted by atomic mass is 35.5. The fourth-order valence-electron chi connectivity index (χ4n) is 1.95. The molecule has 0 radical (unpaired) electrons. The zero-order valence-corrected chi connectivity index (χ0v) is 15.9. The molecule has 1 aromatic carbocycles. The monoisotopic (exact) mass is 360 g/mol. The normalized spacial score (nSPS) is 12.9. The Morgan fingerprint density at radius 3 is 2.43 bits per heavy atom. The quantitative estimate of drug-likeness (QED) is 0.732. The molecule has 1 aromatic rings. The van der Waals surface area contributed by atoms with Crippen LogP contribution < -0.4 is 10.6 Å². The Balaban J connectivity index is 2.56. The highest BCUT2D eigenvalue weighted by Crippen LogP contribution is 2.26. The lowest BCUT2D eigenvalue weighted by Gasteiger charge is -2.24. The summed E-state index contributed by atoms with van der Waals surface area (Å²) in [5.41, 5.74) is 0.298. The van der Waals surface area contributed by atoms with Crippen LogP contribution in [0, 0.1) is 11.8 Å². The van der Waals surface area contributed by atoms with Gasteiger partial charge in [0.15, 0.2) is 0 Å². The molecule has 0 aliphatic rings. The number of amides is 1. The number of carbonyl (C=O) groups excluding carboxylic acids is 1. The number of anilines is 1. The lowest BCUT2D eigenvalue weighted by atomic mass is 9.95. The Labute approximate surface area is 148 Å². The number of carbonyl (C=O) groups is 1. The van der Waals surface area contributed by atoms with Gasteiger partial charge in [-0.3, -0.25) is 0 Å². The summed E-state index contributed by atoms with van der Waals surface area (Å²) in [6, 6.07) is 5.30. The van der Waals surface area contributed by atoms with E-state index < -0.39 is 11.7 Å². The smallest absolute Gasteiger partial charge is 0.407 e. The molecule has 0 aliphatic carbocycles. The molecular formula is C17H26Cl2N2O2. The predicted molar refractivity (Wildman–Crippen MR) is 97.5 cm³/mol. The van der Waals surface area contributed by atoms with Crippen molar-refractivity contribution in [2.75, 3.05) is 18.4 Å². The minimum absolute atomic E-state index is 0.234. The fraction of sp³-hybridized carbons (Fsp3) is 0.588. The molecule has 0 saturated carbocycles. The van der Waals surface area contributed by atoms with E-state index in [4.69, 9.17) is 27.9 Å². The third-order valence-electron chi connectivity index (χ3n) is 3.33. The van der Waals surface area contributed by atoms with Crippen molar-refractivity contribution in [2.24, 2.45) is 11.8 Å². The maximum atomic E-state index is 11.8. The van der Waals surface area contributed by atoms with Crippen LogP contribution in [0.4, 0.5) is 10.5 Å². The number of nitrogens with one attached hydrogen (secondary N) is 2. The van der Waals surface area contributed by atoms with E-state index in [0.717, 1.165) is 5.69 Å². The lowest BCUT2D eigenvalue weighted by molar-refractivity contribution is 0.0516. The van der Waals surface area contributed by atoms with Gasteiger partial charge in [0.1, 0.15) is 5.60 Å². The molecule has 1 rings (SSSR count). The van der Waals surface area contributed by atoms with Crippen LogP contribution in [0.15, 0.2) is 18.2 Å². The highest BCUT2D eigenvalue weighted by Gasteiger charge is 2.19. The predicted octanol–water partition coefficient (Wildman–Crippen LogP) is 5.20. The van der Waals surface area contributed by atoms with Crippen molar-refractivity contribution in [1.29, 1.82) is 0 Å². The summed E-state index contributed by atoms with van der Waals surface area (Å²) >= 11 is 12.1. The standard InChI is InChI=1S/C17H26Cl2N2O2/c1-11(2)12(10-21-16(22)23-17(3,4)5)9-20-15-8-13(18)6-7-14(15)19/h6-8,11-12,20H,9-10H2,1-5H3,(H,21,22). The van der Waals surface area contributed by atoms with E-state index in [1.807, 2.05) is 20.8 Å². The van der Waals surface area contributed by atoms with E-state index in [0.29, 0.717) is 29.1 Å². The van der Waals surface area contributed by atoms with E-state index in [2.05, 4.69) is 24.5 Å². The van der Waals surface area contributed by atoms with Gasteiger partial charge in [-0.25, -0.2) is 4.79 Å². The third kappa shape index (κ3) is 7.80. The maximum Gasteiger partial charge on any atom is 0.407 e. The van der Waals surface area contributed by atoms with Crippen molar-refractivity contribution in [2.45, 2.75) is 40.2 Å². The minimum atomic E-state index is -0.496. The van der Waals surface area contributed by atoms with Crippen LogP contribution >= 0.6 is 23.2 Å². The van der Waals surface area contributed by atoms with Gasteiger partial charge in [-0.1, -0.05) is 37.0 Å². The number of hydrogen-bond donors (Lipinski definition) is 2. The summed E-state index contributed by atoms with van der Waals surface area (Å²) in [4.78, 5) is 11.8. The van der Waals surface area contributed by atoms with Gasteiger partial charge in [-0.05, 0) is 50.8 Å². The summed E-state index contributed by atoms with van der Waals surface area (Å²) in [7, 11) is 0. The molecule has 0 saturated heterocycles. The fourth-order valence-corrected chi connectivity index (χ4v) is 2.30. The van der Waals surface area contributed by atoms with Crippen molar-refractivity contribution in [3.05, 3.63) is 28.2 Å². The Hall–Kier alpha value is -1.13. The van der Waals surface area contributed by atoms with E-state index in [1.165, 1.54) is 0 Å². The molecule has 0 heterocycles.